The molecule has 0 N–H and O–H groups in total. The number of hydrogen-bond acceptors (Lipinski definition) is 2. The largest absolute Gasteiger partial charge is 0.333 e. The molecule has 0 unspecified atom stereocenters. The monoisotopic (exact) mass is 205 g/mol. The average Bonchev–Trinajstić information content (AvgIpc) is 2.61. The van der Waals surface area contributed by atoms with Gasteiger partial charge in [-0.1, -0.05) is 6.42 Å². The highest BCUT2D eigenvalue weighted by Gasteiger charge is 2.31. The lowest BCUT2D eigenvalue weighted by Crippen LogP contribution is -2.43. The molecule has 0 radical (unpaired) electrons. The molecule has 1 aliphatic carbocycles. The average molecular weight is 205 g/mol. The van der Waals surface area contributed by atoms with Crippen LogP contribution in [0, 0.1) is 5.92 Å². The third-order valence-electron chi connectivity index (χ3n) is 3.51. The van der Waals surface area contributed by atoms with Crippen molar-refractivity contribution in [2.75, 3.05) is 6.54 Å². The van der Waals surface area contributed by atoms with Crippen molar-refractivity contribution in [3.05, 3.63) is 18.2 Å². The summed E-state index contributed by atoms with van der Waals surface area (Å²) in [5.74, 6) is 1.68. The molecule has 1 aliphatic heterocycles. The van der Waals surface area contributed by atoms with Crippen molar-refractivity contribution in [1.29, 1.82) is 0 Å². The number of fused-ring (bicyclic) bond motifs is 1. The van der Waals surface area contributed by atoms with Crippen LogP contribution in [-0.2, 0) is 17.9 Å². The molecule has 1 aromatic rings. The Bertz CT molecular complexity index is 381. The fraction of sp³-hybridized carbons (Fsp3) is 0.636. The lowest BCUT2D eigenvalue weighted by molar-refractivity contribution is -0.139. The van der Waals surface area contributed by atoms with Gasteiger partial charge in [-0.3, -0.25) is 4.79 Å². The summed E-state index contributed by atoms with van der Waals surface area (Å²) in [5, 5.41) is 0. The molecule has 0 aromatic carbocycles. The number of carbonyl (C=O) groups excluding carboxylic acids is 1. The lowest BCUT2D eigenvalue weighted by atomic mass is 9.84. The predicted molar refractivity (Wildman–Crippen MR) is 55.0 cm³/mol. The molecular weight excluding hydrogens is 190 g/mol. The van der Waals surface area contributed by atoms with Crippen LogP contribution < -0.4 is 0 Å². The highest BCUT2D eigenvalue weighted by molar-refractivity contribution is 5.79. The first kappa shape index (κ1) is 8.95. The van der Waals surface area contributed by atoms with Crippen LogP contribution in [0.4, 0.5) is 0 Å². The fourth-order valence-corrected chi connectivity index (χ4v) is 2.28. The second-order valence-electron chi connectivity index (χ2n) is 4.42. The van der Waals surface area contributed by atoms with Crippen molar-refractivity contribution < 1.29 is 4.79 Å². The molecule has 1 aromatic heterocycles. The zero-order chi connectivity index (χ0) is 10.3. The number of nitrogens with zero attached hydrogens (tertiary/aromatic N) is 3. The molecular formula is C11H15N3O. The van der Waals surface area contributed by atoms with E-state index in [0.717, 1.165) is 31.8 Å². The maximum absolute atomic E-state index is 12.0. The number of hydrogen-bond donors (Lipinski definition) is 0. The van der Waals surface area contributed by atoms with E-state index in [1.165, 1.54) is 6.42 Å². The number of imidazole rings is 1. The van der Waals surface area contributed by atoms with Gasteiger partial charge in [-0.15, -0.1) is 0 Å². The van der Waals surface area contributed by atoms with Crippen LogP contribution in [-0.4, -0.2) is 26.9 Å². The normalized spacial score (nSPS) is 20.9. The maximum atomic E-state index is 12.0. The van der Waals surface area contributed by atoms with Crippen molar-refractivity contribution in [2.24, 2.45) is 5.92 Å². The Morgan fingerprint density at radius 1 is 1.40 bits per heavy atom. The van der Waals surface area contributed by atoms with E-state index >= 15 is 0 Å². The molecule has 1 saturated carbocycles. The van der Waals surface area contributed by atoms with E-state index in [0.29, 0.717) is 18.4 Å². The Morgan fingerprint density at radius 2 is 2.27 bits per heavy atom. The number of carbonyl (C=O) groups is 1. The first-order valence-electron chi connectivity index (χ1n) is 5.63. The van der Waals surface area contributed by atoms with Crippen molar-refractivity contribution in [1.82, 2.24) is 14.5 Å². The van der Waals surface area contributed by atoms with Crippen LogP contribution in [0.2, 0.25) is 0 Å². The molecule has 4 nitrogen and oxygen atoms in total. The van der Waals surface area contributed by atoms with Gasteiger partial charge >= 0.3 is 0 Å². The molecule has 2 aliphatic rings. The van der Waals surface area contributed by atoms with Crippen molar-refractivity contribution in [3.63, 3.8) is 0 Å². The molecule has 4 heteroatoms. The smallest absolute Gasteiger partial charge is 0.226 e. The van der Waals surface area contributed by atoms with Crippen LogP contribution in [0.15, 0.2) is 12.4 Å². The van der Waals surface area contributed by atoms with Gasteiger partial charge in [0.2, 0.25) is 5.91 Å². The minimum absolute atomic E-state index is 0.312. The van der Waals surface area contributed by atoms with E-state index in [2.05, 4.69) is 9.55 Å². The number of aromatic nitrogens is 2. The highest BCUT2D eigenvalue weighted by Crippen LogP contribution is 2.29. The van der Waals surface area contributed by atoms with Gasteiger partial charge in [0, 0.05) is 31.4 Å². The summed E-state index contributed by atoms with van der Waals surface area (Å²) in [6, 6.07) is 0. The fourth-order valence-electron chi connectivity index (χ4n) is 2.28. The van der Waals surface area contributed by atoms with Crippen molar-refractivity contribution in [3.8, 4) is 0 Å². The maximum Gasteiger partial charge on any atom is 0.226 e. The summed E-state index contributed by atoms with van der Waals surface area (Å²) in [6.07, 6.45) is 7.19. The van der Waals surface area contributed by atoms with Crippen LogP contribution in [0.5, 0.6) is 0 Å². The predicted octanol–water partition coefficient (Wildman–Crippen LogP) is 1.03. The molecule has 2 heterocycles. The van der Waals surface area contributed by atoms with Gasteiger partial charge in [0.05, 0.1) is 6.54 Å². The quantitative estimate of drug-likeness (QED) is 0.686. The Balaban J connectivity index is 1.72. The van der Waals surface area contributed by atoms with E-state index in [4.69, 9.17) is 0 Å². The molecule has 1 amide bonds. The first-order chi connectivity index (χ1) is 7.34. The summed E-state index contributed by atoms with van der Waals surface area (Å²) >= 11 is 0. The summed E-state index contributed by atoms with van der Waals surface area (Å²) in [6.45, 7) is 2.44. The van der Waals surface area contributed by atoms with Crippen LogP contribution in [0.3, 0.4) is 0 Å². The Hall–Kier alpha value is -1.32. The summed E-state index contributed by atoms with van der Waals surface area (Å²) in [7, 11) is 0. The number of rotatable bonds is 1. The van der Waals surface area contributed by atoms with Gasteiger partial charge in [-0.05, 0) is 12.8 Å². The molecule has 80 valence electrons. The minimum atomic E-state index is 0.312. The summed E-state index contributed by atoms with van der Waals surface area (Å²) in [5.41, 5.74) is 0. The standard InChI is InChI=1S/C11H15N3O/c15-11(9-2-1-3-9)14-7-6-13-5-4-12-10(13)8-14/h4-5,9H,1-3,6-8H2. The number of amides is 1. The Labute approximate surface area is 88.9 Å². The third-order valence-corrected chi connectivity index (χ3v) is 3.51. The Morgan fingerprint density at radius 3 is 3.00 bits per heavy atom. The van der Waals surface area contributed by atoms with Crippen LogP contribution >= 0.6 is 0 Å². The van der Waals surface area contributed by atoms with Crippen molar-refractivity contribution >= 4 is 5.91 Å². The summed E-state index contributed by atoms with van der Waals surface area (Å²) in [4.78, 5) is 18.2. The van der Waals surface area contributed by atoms with Crippen LogP contribution in [0.25, 0.3) is 0 Å². The van der Waals surface area contributed by atoms with E-state index in [1.807, 2.05) is 17.3 Å². The van der Waals surface area contributed by atoms with E-state index < -0.39 is 0 Å². The minimum Gasteiger partial charge on any atom is -0.333 e. The lowest BCUT2D eigenvalue weighted by Gasteiger charge is -2.34. The van der Waals surface area contributed by atoms with Gasteiger partial charge in [-0.25, -0.2) is 4.98 Å². The topological polar surface area (TPSA) is 38.1 Å². The molecule has 0 bridgehead atoms. The van der Waals surface area contributed by atoms with Crippen LogP contribution in [0.1, 0.15) is 25.1 Å². The molecule has 3 rings (SSSR count). The first-order valence-corrected chi connectivity index (χ1v) is 5.63. The molecule has 0 atom stereocenters. The zero-order valence-electron chi connectivity index (χ0n) is 8.72. The summed E-state index contributed by atoms with van der Waals surface area (Å²) < 4.78 is 2.13. The molecule has 15 heavy (non-hydrogen) atoms. The van der Waals surface area contributed by atoms with Gasteiger partial charge in [0.15, 0.2) is 0 Å². The van der Waals surface area contributed by atoms with Gasteiger partial charge in [-0.2, -0.15) is 0 Å². The zero-order valence-corrected chi connectivity index (χ0v) is 8.72. The van der Waals surface area contributed by atoms with E-state index in [1.54, 1.807) is 0 Å². The van der Waals surface area contributed by atoms with Crippen molar-refractivity contribution in [2.45, 2.75) is 32.4 Å². The molecule has 1 fully saturated rings. The second-order valence-corrected chi connectivity index (χ2v) is 4.42. The Kier molecular flexibility index (Phi) is 2.01. The van der Waals surface area contributed by atoms with E-state index in [9.17, 15) is 4.79 Å². The molecule has 0 spiro atoms. The van der Waals surface area contributed by atoms with E-state index in [-0.39, 0.29) is 0 Å². The third kappa shape index (κ3) is 1.44. The van der Waals surface area contributed by atoms with Gasteiger partial charge in [0.1, 0.15) is 5.82 Å². The van der Waals surface area contributed by atoms with Gasteiger partial charge < -0.3 is 9.47 Å². The highest BCUT2D eigenvalue weighted by atomic mass is 16.2. The SMILES string of the molecule is O=C(C1CCC1)N1CCn2ccnc2C1. The van der Waals surface area contributed by atoms with Gasteiger partial charge in [0.25, 0.3) is 0 Å². The molecule has 0 saturated heterocycles. The second kappa shape index (κ2) is 3.36.